The monoisotopic (exact) mass is 278 g/mol. The number of carboxylic acid groups (broad SMARTS) is 1. The molecular weight excluding hydrogens is 260 g/mol. The minimum Gasteiger partial charge on any atom is -0.480 e. The second kappa shape index (κ2) is 4.76. The summed E-state index contributed by atoms with van der Waals surface area (Å²) >= 11 is 0. The molecule has 0 spiro atoms. The first-order chi connectivity index (χ1) is 8.34. The minimum atomic E-state index is -3.91. The van der Waals surface area contributed by atoms with Crippen molar-refractivity contribution < 1.29 is 23.1 Å². The quantitative estimate of drug-likeness (QED) is 0.599. The lowest BCUT2D eigenvalue weighted by Crippen LogP contribution is -2.72. The Bertz CT molecular complexity index is 438. The van der Waals surface area contributed by atoms with Crippen LogP contribution in [-0.2, 0) is 19.6 Å². The van der Waals surface area contributed by atoms with Gasteiger partial charge in [0.25, 0.3) is 0 Å². The molecule has 0 bridgehead atoms. The van der Waals surface area contributed by atoms with Crippen molar-refractivity contribution in [2.75, 3.05) is 6.61 Å². The predicted octanol–water partition coefficient (Wildman–Crippen LogP) is -1.12. The largest absolute Gasteiger partial charge is 0.480 e. The first-order valence-electron chi connectivity index (χ1n) is 5.95. The van der Waals surface area contributed by atoms with Crippen LogP contribution in [0.2, 0.25) is 0 Å². The number of hydrogen-bond acceptors (Lipinski definition) is 5. The summed E-state index contributed by atoms with van der Waals surface area (Å²) in [5.41, 5.74) is 5.91. The van der Waals surface area contributed by atoms with Crippen LogP contribution in [-0.4, -0.2) is 49.5 Å². The second-order valence-corrected chi connectivity index (χ2v) is 6.92. The van der Waals surface area contributed by atoms with E-state index in [4.69, 9.17) is 15.6 Å². The van der Waals surface area contributed by atoms with Crippen LogP contribution in [0, 0.1) is 5.92 Å². The maximum atomic E-state index is 11.8. The second-order valence-electron chi connectivity index (χ2n) is 4.89. The summed E-state index contributed by atoms with van der Waals surface area (Å²) in [7, 11) is -3.91. The van der Waals surface area contributed by atoms with E-state index in [1.807, 2.05) is 0 Å². The molecular formula is C10H18N2O5S. The molecule has 7 nitrogen and oxygen atoms in total. The zero-order chi connectivity index (χ0) is 13.5. The summed E-state index contributed by atoms with van der Waals surface area (Å²) in [6, 6.07) is -0.812. The van der Waals surface area contributed by atoms with Crippen LogP contribution in [0.3, 0.4) is 0 Å². The normalized spacial score (nSPS) is 37.4. The average molecular weight is 278 g/mol. The first kappa shape index (κ1) is 13.7. The number of aliphatic carboxylic acids is 1. The van der Waals surface area contributed by atoms with E-state index >= 15 is 0 Å². The molecule has 8 heteroatoms. The molecule has 1 saturated carbocycles. The van der Waals surface area contributed by atoms with Crippen molar-refractivity contribution in [1.82, 2.24) is 4.72 Å². The maximum Gasteiger partial charge on any atom is 0.323 e. The van der Waals surface area contributed by atoms with Gasteiger partial charge in [-0.3, -0.25) is 4.79 Å². The summed E-state index contributed by atoms with van der Waals surface area (Å²) in [6.45, 7) is 1.73. The lowest BCUT2D eigenvalue weighted by atomic mass is 9.69. The molecule has 0 aromatic carbocycles. The highest BCUT2D eigenvalue weighted by molar-refractivity contribution is 7.90. The number of carboxylic acids is 1. The van der Waals surface area contributed by atoms with Gasteiger partial charge in [0.05, 0.1) is 12.1 Å². The Morgan fingerprint density at radius 2 is 2.22 bits per heavy atom. The van der Waals surface area contributed by atoms with Crippen molar-refractivity contribution in [2.45, 2.75) is 43.2 Å². The number of hydrogen-bond donors (Lipinski definition) is 3. The van der Waals surface area contributed by atoms with Gasteiger partial charge in [-0.2, -0.15) is 0 Å². The SMILES string of the molecule is CC(C(=O)O)S(=O)(=O)NC1C(N)C2CCCOC21. The summed E-state index contributed by atoms with van der Waals surface area (Å²) in [5.74, 6) is -1.21. The van der Waals surface area contributed by atoms with Gasteiger partial charge in [0.15, 0.2) is 5.25 Å². The van der Waals surface area contributed by atoms with Crippen molar-refractivity contribution >= 4 is 16.0 Å². The van der Waals surface area contributed by atoms with E-state index in [1.165, 1.54) is 0 Å². The van der Waals surface area contributed by atoms with Crippen molar-refractivity contribution in [3.05, 3.63) is 0 Å². The fourth-order valence-corrected chi connectivity index (χ4v) is 3.66. The van der Waals surface area contributed by atoms with Gasteiger partial charge >= 0.3 is 5.97 Å². The highest BCUT2D eigenvalue weighted by Crippen LogP contribution is 2.37. The molecule has 0 aromatic heterocycles. The molecule has 1 aliphatic carbocycles. The Morgan fingerprint density at radius 1 is 1.56 bits per heavy atom. The van der Waals surface area contributed by atoms with E-state index in [0.717, 1.165) is 19.8 Å². The van der Waals surface area contributed by atoms with Crippen LogP contribution in [0.5, 0.6) is 0 Å². The zero-order valence-corrected chi connectivity index (χ0v) is 10.9. The van der Waals surface area contributed by atoms with Gasteiger partial charge in [0, 0.05) is 18.6 Å². The van der Waals surface area contributed by atoms with Gasteiger partial charge < -0.3 is 15.6 Å². The summed E-state index contributed by atoms with van der Waals surface area (Å²) in [5, 5.41) is 7.24. The van der Waals surface area contributed by atoms with Crippen molar-refractivity contribution in [3.8, 4) is 0 Å². The van der Waals surface area contributed by atoms with E-state index in [9.17, 15) is 13.2 Å². The van der Waals surface area contributed by atoms with Crippen LogP contribution in [0.4, 0.5) is 0 Å². The number of nitrogens with two attached hydrogens (primary N) is 1. The molecule has 4 N–H and O–H groups in total. The number of ether oxygens (including phenoxy) is 1. The number of carbonyl (C=O) groups is 1. The molecule has 2 rings (SSSR count). The summed E-state index contributed by atoms with van der Waals surface area (Å²) in [6.07, 6.45) is 1.64. The average Bonchev–Trinajstić information content (AvgIpc) is 2.34. The van der Waals surface area contributed by atoms with Gasteiger partial charge in [-0.1, -0.05) is 0 Å². The van der Waals surface area contributed by atoms with Gasteiger partial charge in [-0.05, 0) is 19.8 Å². The third-order valence-electron chi connectivity index (χ3n) is 3.79. The third kappa shape index (κ3) is 2.25. The zero-order valence-electron chi connectivity index (χ0n) is 10.1. The lowest BCUT2D eigenvalue weighted by Gasteiger charge is -2.52. The van der Waals surface area contributed by atoms with E-state index in [0.29, 0.717) is 6.61 Å². The molecule has 5 atom stereocenters. The predicted molar refractivity (Wildman–Crippen MR) is 63.4 cm³/mol. The Labute approximate surface area is 106 Å². The molecule has 1 heterocycles. The molecule has 0 aromatic rings. The number of nitrogens with one attached hydrogen (secondary N) is 1. The molecule has 1 saturated heterocycles. The van der Waals surface area contributed by atoms with E-state index in [1.54, 1.807) is 0 Å². The molecule has 5 unspecified atom stereocenters. The topological polar surface area (TPSA) is 119 Å². The van der Waals surface area contributed by atoms with Crippen LogP contribution in [0.1, 0.15) is 19.8 Å². The molecule has 1 aliphatic heterocycles. The standard InChI is InChI=1S/C10H18N2O5S/c1-5(10(13)14)18(15,16)12-8-7(11)6-3-2-4-17-9(6)8/h5-9,12H,2-4,11H2,1H3,(H,13,14). The van der Waals surface area contributed by atoms with Gasteiger partial charge in [-0.25, -0.2) is 13.1 Å². The van der Waals surface area contributed by atoms with Crippen LogP contribution in [0.25, 0.3) is 0 Å². The van der Waals surface area contributed by atoms with Gasteiger partial charge in [0.2, 0.25) is 10.0 Å². The fourth-order valence-electron chi connectivity index (χ4n) is 2.52. The molecule has 104 valence electrons. The highest BCUT2D eigenvalue weighted by Gasteiger charge is 2.52. The van der Waals surface area contributed by atoms with Crippen molar-refractivity contribution in [1.29, 1.82) is 0 Å². The van der Waals surface area contributed by atoms with E-state index < -0.39 is 27.3 Å². The van der Waals surface area contributed by atoms with Crippen molar-refractivity contribution in [2.24, 2.45) is 11.7 Å². The number of rotatable bonds is 4. The molecule has 0 amide bonds. The molecule has 0 radical (unpaired) electrons. The number of sulfonamides is 1. The third-order valence-corrected chi connectivity index (χ3v) is 5.52. The minimum absolute atomic E-state index is 0.173. The Balaban J connectivity index is 2.04. The smallest absolute Gasteiger partial charge is 0.323 e. The Hall–Kier alpha value is -0.700. The first-order valence-corrected chi connectivity index (χ1v) is 7.50. The highest BCUT2D eigenvalue weighted by atomic mass is 32.2. The van der Waals surface area contributed by atoms with Gasteiger partial charge in [0.1, 0.15) is 0 Å². The van der Waals surface area contributed by atoms with E-state index in [-0.39, 0.29) is 18.1 Å². The van der Waals surface area contributed by atoms with Crippen LogP contribution < -0.4 is 10.5 Å². The van der Waals surface area contributed by atoms with Crippen LogP contribution >= 0.6 is 0 Å². The number of fused-ring (bicyclic) bond motifs is 1. The summed E-state index contributed by atoms with van der Waals surface area (Å²) < 4.78 is 31.4. The lowest BCUT2D eigenvalue weighted by molar-refractivity contribution is -0.136. The Kier molecular flexibility index (Phi) is 3.63. The molecule has 18 heavy (non-hydrogen) atoms. The molecule has 2 fully saturated rings. The Morgan fingerprint density at radius 3 is 2.83 bits per heavy atom. The maximum absolute atomic E-state index is 11.8. The van der Waals surface area contributed by atoms with Gasteiger partial charge in [-0.15, -0.1) is 0 Å². The molecule has 2 aliphatic rings. The van der Waals surface area contributed by atoms with Crippen LogP contribution in [0.15, 0.2) is 0 Å². The fraction of sp³-hybridized carbons (Fsp3) is 0.900. The summed E-state index contributed by atoms with van der Waals surface area (Å²) in [4.78, 5) is 10.7. The van der Waals surface area contributed by atoms with Crippen molar-refractivity contribution in [3.63, 3.8) is 0 Å². The van der Waals surface area contributed by atoms with E-state index in [2.05, 4.69) is 4.72 Å².